The Morgan fingerprint density at radius 1 is 0.577 bits per heavy atom. The van der Waals surface area contributed by atoms with Gasteiger partial charge in [-0.25, -0.2) is 0 Å². The van der Waals surface area contributed by atoms with E-state index in [-0.39, 0.29) is 33.5 Å². The predicted molar refractivity (Wildman–Crippen MR) is 217 cm³/mol. The van der Waals surface area contributed by atoms with E-state index in [1.807, 2.05) is 0 Å². The summed E-state index contributed by atoms with van der Waals surface area (Å²) in [5.74, 6) is -0.836. The molecule has 9 nitrogen and oxygen atoms in total. The first kappa shape index (κ1) is 52.9. The summed E-state index contributed by atoms with van der Waals surface area (Å²) in [4.78, 5) is 38.1. The van der Waals surface area contributed by atoms with Crippen LogP contribution in [-0.4, -0.2) is 59.0 Å². The Morgan fingerprint density at radius 2 is 0.942 bits per heavy atom. The number of ether oxygens (including phenoxy) is 2. The highest BCUT2D eigenvalue weighted by Gasteiger charge is 2.20. The van der Waals surface area contributed by atoms with Gasteiger partial charge in [0.1, 0.15) is 6.61 Å². The normalized spacial score (nSPS) is 13.2. The number of allylic oxidation sites excluding steroid dienone is 2. The van der Waals surface area contributed by atoms with E-state index in [2.05, 4.69) is 51.7 Å². The first-order chi connectivity index (χ1) is 25.1. The number of quaternary nitrogens is 1. The molecular formula is C42H86NO8P. The molecule has 10 heteroatoms. The summed E-state index contributed by atoms with van der Waals surface area (Å²) in [6.45, 7) is 5.27. The van der Waals surface area contributed by atoms with Crippen molar-refractivity contribution in [1.82, 2.24) is 0 Å². The summed E-state index contributed by atoms with van der Waals surface area (Å²) in [6.07, 6.45) is 35.2. The lowest BCUT2D eigenvalue weighted by molar-refractivity contribution is -0.836. The number of carbonyl (C=O) groups is 2. The smallest absolute Gasteiger partial charge is 0.306 e. The molecule has 0 spiro atoms. The molecule has 0 aliphatic heterocycles. The molecule has 1 unspecified atom stereocenters. The maximum Gasteiger partial charge on any atom is 0.306 e. The number of unbranched alkanes of at least 4 members (excludes halogenated alkanes) is 23. The largest absolute Gasteiger partial charge is 0.756 e. The van der Waals surface area contributed by atoms with Crippen LogP contribution in [0.25, 0.3) is 0 Å². The maximum absolute atomic E-state index is 12.5. The van der Waals surface area contributed by atoms with E-state index in [9.17, 15) is 19.0 Å². The molecule has 0 radical (unpaired) electrons. The lowest BCUT2D eigenvalue weighted by Gasteiger charge is -2.25. The molecule has 0 heterocycles. The minimum atomic E-state index is -4.52. The second-order valence-electron chi connectivity index (χ2n) is 14.8. The third-order valence-corrected chi connectivity index (χ3v) is 9.60. The minimum absolute atomic E-state index is 0. The van der Waals surface area contributed by atoms with Crippen LogP contribution in [0.3, 0.4) is 0 Å². The second kappa shape index (κ2) is 40.9. The number of nitrogens with one attached hydrogen (secondary N) is 1. The molecular weight excluding hydrogens is 677 g/mol. The van der Waals surface area contributed by atoms with Gasteiger partial charge in [0.2, 0.25) is 0 Å². The molecule has 0 saturated carbocycles. The Balaban J connectivity index is -0.00000473. The average Bonchev–Trinajstić information content (AvgIpc) is 3.09. The summed E-state index contributed by atoms with van der Waals surface area (Å²) >= 11 is 0. The molecule has 2 atom stereocenters. The fraction of sp³-hybridized carbons (Fsp3) is 0.905. The van der Waals surface area contributed by atoms with Crippen LogP contribution < -0.4 is 9.79 Å². The van der Waals surface area contributed by atoms with Crippen molar-refractivity contribution < 1.29 is 43.9 Å². The molecule has 0 fully saturated rings. The van der Waals surface area contributed by atoms with Gasteiger partial charge in [0.25, 0.3) is 7.82 Å². The van der Waals surface area contributed by atoms with Crippen molar-refractivity contribution in [2.24, 2.45) is 0 Å². The van der Waals surface area contributed by atoms with Crippen LogP contribution in [0.15, 0.2) is 12.2 Å². The summed E-state index contributed by atoms with van der Waals surface area (Å²) in [6, 6.07) is 0. The van der Waals surface area contributed by atoms with E-state index in [0.29, 0.717) is 6.42 Å². The van der Waals surface area contributed by atoms with Crippen LogP contribution in [0.5, 0.6) is 0 Å². The summed E-state index contributed by atoms with van der Waals surface area (Å²) in [5, 5.41) is 0. The Labute approximate surface area is 322 Å². The molecule has 0 aromatic carbocycles. The van der Waals surface area contributed by atoms with Crippen molar-refractivity contribution in [2.75, 3.05) is 41.0 Å². The second-order valence-corrected chi connectivity index (χ2v) is 16.2. The van der Waals surface area contributed by atoms with Crippen LogP contribution >= 0.6 is 7.82 Å². The predicted octanol–water partition coefficient (Wildman–Crippen LogP) is 10.5. The van der Waals surface area contributed by atoms with Crippen molar-refractivity contribution in [3.8, 4) is 0 Å². The fourth-order valence-corrected chi connectivity index (χ4v) is 6.36. The van der Waals surface area contributed by atoms with Gasteiger partial charge < -0.3 is 28.3 Å². The molecule has 0 saturated heterocycles. The third kappa shape index (κ3) is 44.9. The highest BCUT2D eigenvalue weighted by atomic mass is 31.2. The van der Waals surface area contributed by atoms with E-state index in [1.165, 1.54) is 121 Å². The number of phosphoric acid groups is 1. The van der Waals surface area contributed by atoms with Gasteiger partial charge in [-0.05, 0) is 45.4 Å². The number of esters is 2. The quantitative estimate of drug-likeness (QED) is 0.0288. The standard InChI is InChI=1S/C39H75O8P.C3H9N.H2/c1-4-7-9-11-13-15-17-19-20-22-24-26-28-30-32-34-39(41)47-37(36-46-48(42,43)45-6-3)35-44-38(40)33-31-29-27-25-23-21-18-16-14-12-10-8-5-2;1-4(2)3;/h19-20,37H,4-18,21-36H2,1-3H3,(H,42,43);1-3H3;1H/b20-19-;;/t37-;;/m1../s1. The summed E-state index contributed by atoms with van der Waals surface area (Å²) < 4.78 is 32.2. The monoisotopic (exact) mass is 764 g/mol. The number of rotatable bonds is 37. The zero-order valence-electron chi connectivity index (χ0n) is 34.9. The van der Waals surface area contributed by atoms with E-state index < -0.39 is 26.5 Å². The van der Waals surface area contributed by atoms with Crippen molar-refractivity contribution in [3.05, 3.63) is 12.2 Å². The van der Waals surface area contributed by atoms with E-state index in [4.69, 9.17) is 14.0 Å². The minimum Gasteiger partial charge on any atom is -0.756 e. The molecule has 0 bridgehead atoms. The Kier molecular flexibility index (Phi) is 41.6. The highest BCUT2D eigenvalue weighted by Crippen LogP contribution is 2.38. The summed E-state index contributed by atoms with van der Waals surface area (Å²) in [5.41, 5.74) is 0. The number of phosphoric ester groups is 1. The molecule has 52 heavy (non-hydrogen) atoms. The lowest BCUT2D eigenvalue weighted by Crippen LogP contribution is -3.02. The van der Waals surface area contributed by atoms with Crippen molar-refractivity contribution >= 4 is 19.8 Å². The SMILES string of the molecule is CCCCCCCC/C=C\CCCCCCCC(=O)O[C@H](COC(=O)CCCCCCCCCCCCCCC)COP(=O)([O-])OCC.C[NH+](C)C.[HH]. The van der Waals surface area contributed by atoms with E-state index in [0.717, 1.165) is 51.4 Å². The van der Waals surface area contributed by atoms with Gasteiger partial charge >= 0.3 is 11.9 Å². The van der Waals surface area contributed by atoms with Crippen LogP contribution in [0.2, 0.25) is 0 Å². The number of hydrogen-bond acceptors (Lipinski definition) is 8. The van der Waals surface area contributed by atoms with Crippen LogP contribution in [0, 0.1) is 0 Å². The first-order valence-electron chi connectivity index (χ1n) is 21.4. The molecule has 1 N–H and O–H groups in total. The van der Waals surface area contributed by atoms with E-state index in [1.54, 1.807) is 0 Å². The maximum atomic E-state index is 12.5. The van der Waals surface area contributed by atoms with Crippen LogP contribution in [0.4, 0.5) is 0 Å². The molecule has 0 aromatic heterocycles. The Hall–Kier alpha value is -1.25. The number of carbonyl (C=O) groups excluding carboxylic acids is 2. The molecule has 312 valence electrons. The van der Waals surface area contributed by atoms with Gasteiger partial charge in [0.05, 0.1) is 34.4 Å². The third-order valence-electron chi connectivity index (χ3n) is 8.56. The first-order valence-corrected chi connectivity index (χ1v) is 22.9. The van der Waals surface area contributed by atoms with Crippen molar-refractivity contribution in [2.45, 2.75) is 207 Å². The number of hydrogen-bond donors (Lipinski definition) is 1. The van der Waals surface area contributed by atoms with Gasteiger partial charge in [0.15, 0.2) is 6.10 Å². The lowest BCUT2D eigenvalue weighted by atomic mass is 10.0. The molecule has 0 aliphatic carbocycles. The molecule has 0 aliphatic rings. The van der Waals surface area contributed by atoms with Crippen LogP contribution in [0.1, 0.15) is 202 Å². The highest BCUT2D eigenvalue weighted by molar-refractivity contribution is 7.45. The van der Waals surface area contributed by atoms with Crippen molar-refractivity contribution in [1.29, 1.82) is 0 Å². The van der Waals surface area contributed by atoms with Gasteiger partial charge in [0, 0.05) is 14.3 Å². The molecule has 0 rings (SSSR count). The molecule has 0 amide bonds. The molecule has 0 aromatic rings. The van der Waals surface area contributed by atoms with Gasteiger partial charge in [-0.3, -0.25) is 14.2 Å². The average molecular weight is 764 g/mol. The van der Waals surface area contributed by atoms with Gasteiger partial charge in [-0.15, -0.1) is 0 Å². The fourth-order valence-electron chi connectivity index (χ4n) is 5.62. The van der Waals surface area contributed by atoms with Gasteiger partial charge in [-0.1, -0.05) is 154 Å². The summed E-state index contributed by atoms with van der Waals surface area (Å²) in [7, 11) is 1.73. The zero-order valence-corrected chi connectivity index (χ0v) is 35.8. The zero-order chi connectivity index (χ0) is 39.0. The Morgan fingerprint density at radius 3 is 1.35 bits per heavy atom. The van der Waals surface area contributed by atoms with Crippen LogP contribution in [-0.2, 0) is 32.7 Å². The van der Waals surface area contributed by atoms with E-state index >= 15 is 0 Å². The topological polar surface area (TPSA) is 116 Å². The van der Waals surface area contributed by atoms with Gasteiger partial charge in [-0.2, -0.15) is 0 Å². The Bertz CT molecular complexity index is 858. The van der Waals surface area contributed by atoms with Crippen molar-refractivity contribution in [3.63, 3.8) is 0 Å².